The molecular weight excluding hydrogens is 254 g/mol. The molecule has 1 nitrogen and oxygen atoms in total. The summed E-state index contributed by atoms with van der Waals surface area (Å²) in [6.45, 7) is 4.84. The minimum absolute atomic E-state index is 0.449. The molecule has 2 aliphatic rings. The Kier molecular flexibility index (Phi) is 3.61. The van der Waals surface area contributed by atoms with Crippen LogP contribution in [0.4, 0.5) is 0 Å². The minimum Gasteiger partial charge on any atom is -0.310 e. The van der Waals surface area contributed by atoms with Crippen LogP contribution in [-0.4, -0.2) is 12.1 Å². The van der Waals surface area contributed by atoms with Crippen LogP contribution in [0.15, 0.2) is 18.2 Å². The van der Waals surface area contributed by atoms with Gasteiger partial charge in [-0.25, -0.2) is 0 Å². The van der Waals surface area contributed by atoms with Gasteiger partial charge in [0.1, 0.15) is 0 Å². The van der Waals surface area contributed by atoms with Gasteiger partial charge in [0.25, 0.3) is 0 Å². The maximum Gasteiger partial charge on any atom is 0.0408 e. The molecule has 0 heterocycles. The predicted molar refractivity (Wildman–Crippen MR) is 81.8 cm³/mol. The lowest BCUT2D eigenvalue weighted by Crippen LogP contribution is -2.48. The van der Waals surface area contributed by atoms with Crippen LogP contribution in [0.2, 0.25) is 5.02 Å². The summed E-state index contributed by atoms with van der Waals surface area (Å²) in [7, 11) is 0. The molecule has 0 spiro atoms. The molecule has 0 saturated heterocycles. The molecule has 0 radical (unpaired) electrons. The van der Waals surface area contributed by atoms with E-state index in [1.165, 1.54) is 43.2 Å². The molecule has 1 N–H and O–H groups in total. The van der Waals surface area contributed by atoms with Crippen LogP contribution in [-0.2, 0) is 12.8 Å². The van der Waals surface area contributed by atoms with Crippen molar-refractivity contribution >= 4 is 11.6 Å². The molecule has 0 bridgehead atoms. The van der Waals surface area contributed by atoms with E-state index < -0.39 is 0 Å². The van der Waals surface area contributed by atoms with Crippen LogP contribution in [0.25, 0.3) is 0 Å². The average Bonchev–Trinajstić information content (AvgIpc) is 2.73. The molecule has 1 aromatic carbocycles. The highest BCUT2D eigenvalue weighted by Gasteiger charge is 2.34. The summed E-state index contributed by atoms with van der Waals surface area (Å²) in [4.78, 5) is 0. The molecule has 0 amide bonds. The normalized spacial score (nSPS) is 29.2. The zero-order chi connectivity index (χ0) is 13.5. The topological polar surface area (TPSA) is 12.0 Å². The number of rotatable bonds is 2. The zero-order valence-corrected chi connectivity index (χ0v) is 12.8. The van der Waals surface area contributed by atoms with E-state index in [0.717, 1.165) is 11.4 Å². The van der Waals surface area contributed by atoms with Crippen LogP contribution < -0.4 is 5.32 Å². The van der Waals surface area contributed by atoms with E-state index in [9.17, 15) is 0 Å². The van der Waals surface area contributed by atoms with Crippen molar-refractivity contribution in [2.24, 2.45) is 5.41 Å². The third-order valence-electron chi connectivity index (χ3n) is 5.05. The van der Waals surface area contributed by atoms with E-state index in [1.807, 2.05) is 6.07 Å². The third kappa shape index (κ3) is 2.83. The SMILES string of the molecule is CC1(C)CCCCC1NC1Cc2ccc(Cl)cc2C1. The minimum atomic E-state index is 0.449. The maximum atomic E-state index is 6.09. The fraction of sp³-hybridized carbons (Fsp3) is 0.647. The van der Waals surface area contributed by atoms with E-state index in [-0.39, 0.29) is 0 Å². The first kappa shape index (κ1) is 13.5. The summed E-state index contributed by atoms with van der Waals surface area (Å²) in [5.74, 6) is 0. The Labute approximate surface area is 121 Å². The van der Waals surface area contributed by atoms with Gasteiger partial charge in [0.05, 0.1) is 0 Å². The van der Waals surface area contributed by atoms with Crippen molar-refractivity contribution in [1.29, 1.82) is 0 Å². The second kappa shape index (κ2) is 5.10. The highest BCUT2D eigenvalue weighted by atomic mass is 35.5. The average molecular weight is 278 g/mol. The number of fused-ring (bicyclic) bond motifs is 1. The van der Waals surface area contributed by atoms with Crippen LogP contribution in [0.3, 0.4) is 0 Å². The lowest BCUT2D eigenvalue weighted by Gasteiger charge is -2.40. The number of hydrogen-bond donors (Lipinski definition) is 1. The Morgan fingerprint density at radius 3 is 2.74 bits per heavy atom. The second-order valence-corrected chi connectivity index (χ2v) is 7.41. The van der Waals surface area contributed by atoms with Crippen molar-refractivity contribution in [3.8, 4) is 0 Å². The molecule has 1 saturated carbocycles. The van der Waals surface area contributed by atoms with Gasteiger partial charge in [-0.2, -0.15) is 0 Å². The number of nitrogens with one attached hydrogen (secondary N) is 1. The molecular formula is C17H24ClN. The van der Waals surface area contributed by atoms with Crippen molar-refractivity contribution in [3.63, 3.8) is 0 Å². The summed E-state index contributed by atoms with van der Waals surface area (Å²) in [5, 5.41) is 4.80. The zero-order valence-electron chi connectivity index (χ0n) is 12.0. The molecule has 0 aromatic heterocycles. The predicted octanol–water partition coefficient (Wildman–Crippen LogP) is 4.37. The number of hydrogen-bond acceptors (Lipinski definition) is 1. The summed E-state index contributed by atoms with van der Waals surface area (Å²) in [5.41, 5.74) is 3.37. The monoisotopic (exact) mass is 277 g/mol. The molecule has 1 aromatic rings. The van der Waals surface area contributed by atoms with Crippen molar-refractivity contribution < 1.29 is 0 Å². The van der Waals surface area contributed by atoms with E-state index in [4.69, 9.17) is 11.6 Å². The van der Waals surface area contributed by atoms with E-state index in [1.54, 1.807) is 0 Å². The summed E-state index contributed by atoms with van der Waals surface area (Å²) in [6, 6.07) is 7.65. The van der Waals surface area contributed by atoms with Crippen LogP contribution in [0.1, 0.15) is 50.7 Å². The Hall–Kier alpha value is -0.530. The van der Waals surface area contributed by atoms with E-state index >= 15 is 0 Å². The Balaban J connectivity index is 1.67. The Morgan fingerprint density at radius 2 is 1.95 bits per heavy atom. The summed E-state index contributed by atoms with van der Waals surface area (Å²) in [6.07, 6.45) is 7.77. The van der Waals surface area contributed by atoms with Gasteiger partial charge in [0.15, 0.2) is 0 Å². The first-order valence-corrected chi connectivity index (χ1v) is 7.96. The van der Waals surface area contributed by atoms with Crippen molar-refractivity contribution in [2.75, 3.05) is 0 Å². The molecule has 2 aliphatic carbocycles. The van der Waals surface area contributed by atoms with Crippen LogP contribution in [0.5, 0.6) is 0 Å². The molecule has 2 atom stereocenters. The highest BCUT2D eigenvalue weighted by molar-refractivity contribution is 6.30. The van der Waals surface area contributed by atoms with Gasteiger partial charge in [-0.15, -0.1) is 0 Å². The molecule has 0 aliphatic heterocycles. The van der Waals surface area contributed by atoms with Gasteiger partial charge in [-0.05, 0) is 54.4 Å². The van der Waals surface area contributed by atoms with Gasteiger partial charge in [0.2, 0.25) is 0 Å². The summed E-state index contributed by atoms with van der Waals surface area (Å²) >= 11 is 6.09. The molecule has 104 valence electrons. The van der Waals surface area contributed by atoms with Gasteiger partial charge in [0, 0.05) is 17.1 Å². The molecule has 3 rings (SSSR count). The van der Waals surface area contributed by atoms with Crippen molar-refractivity contribution in [2.45, 2.75) is 64.5 Å². The fourth-order valence-electron chi connectivity index (χ4n) is 3.79. The largest absolute Gasteiger partial charge is 0.310 e. The molecule has 2 unspecified atom stereocenters. The van der Waals surface area contributed by atoms with E-state index in [0.29, 0.717) is 17.5 Å². The van der Waals surface area contributed by atoms with Crippen LogP contribution >= 0.6 is 11.6 Å². The molecule has 1 fully saturated rings. The van der Waals surface area contributed by atoms with Crippen LogP contribution in [0, 0.1) is 5.41 Å². The molecule has 2 heteroatoms. The maximum absolute atomic E-state index is 6.09. The van der Waals surface area contributed by atoms with Gasteiger partial charge < -0.3 is 5.32 Å². The first-order valence-electron chi connectivity index (χ1n) is 7.58. The van der Waals surface area contributed by atoms with Crippen molar-refractivity contribution in [1.82, 2.24) is 5.32 Å². The lowest BCUT2D eigenvalue weighted by atomic mass is 9.73. The standard InChI is InChI=1S/C17H24ClN/c1-17(2)8-4-3-5-16(17)19-15-10-12-6-7-14(18)9-13(12)11-15/h6-7,9,15-16,19H,3-5,8,10-11H2,1-2H3. The fourth-order valence-corrected chi connectivity index (χ4v) is 3.99. The lowest BCUT2D eigenvalue weighted by molar-refractivity contribution is 0.156. The highest BCUT2D eigenvalue weighted by Crippen LogP contribution is 2.36. The molecule has 19 heavy (non-hydrogen) atoms. The summed E-state index contributed by atoms with van der Waals surface area (Å²) < 4.78 is 0. The van der Waals surface area contributed by atoms with Crippen molar-refractivity contribution in [3.05, 3.63) is 34.3 Å². The number of halogens is 1. The van der Waals surface area contributed by atoms with Gasteiger partial charge in [-0.3, -0.25) is 0 Å². The van der Waals surface area contributed by atoms with E-state index in [2.05, 4.69) is 31.3 Å². The Morgan fingerprint density at radius 1 is 1.16 bits per heavy atom. The quantitative estimate of drug-likeness (QED) is 0.847. The Bertz CT molecular complexity index is 466. The van der Waals surface area contributed by atoms with Gasteiger partial charge >= 0.3 is 0 Å². The number of benzene rings is 1. The third-order valence-corrected chi connectivity index (χ3v) is 5.28. The first-order chi connectivity index (χ1) is 9.04. The van der Waals surface area contributed by atoms with Gasteiger partial charge in [-0.1, -0.05) is 44.4 Å². The second-order valence-electron chi connectivity index (χ2n) is 6.97. The smallest absolute Gasteiger partial charge is 0.0408 e.